The largest absolute Gasteiger partial charge is 0.462 e. The molecule has 0 aliphatic rings. The summed E-state index contributed by atoms with van der Waals surface area (Å²) in [5.41, 5.74) is 0.967. The third kappa shape index (κ3) is 2.98. The topological polar surface area (TPSA) is 31.6 Å². The molecule has 0 bridgehead atoms. The highest BCUT2D eigenvalue weighted by molar-refractivity contribution is 5.28. The van der Waals surface area contributed by atoms with Crippen LogP contribution in [0.5, 0.6) is 11.9 Å². The summed E-state index contributed by atoms with van der Waals surface area (Å²) in [5.74, 6) is 1.07. The Balaban J connectivity index is 2.72. The summed E-state index contributed by atoms with van der Waals surface area (Å²) in [4.78, 5) is 0. The van der Waals surface area contributed by atoms with Crippen LogP contribution in [0.1, 0.15) is 33.3 Å². The third-order valence-corrected chi connectivity index (χ3v) is 1.54. The molecule has 14 heavy (non-hydrogen) atoms. The first-order valence-electron chi connectivity index (χ1n) is 4.92. The first kappa shape index (κ1) is 11.0. The second kappa shape index (κ2) is 4.40. The van der Waals surface area contributed by atoms with Gasteiger partial charge in [-0.3, -0.25) is 0 Å². The summed E-state index contributed by atoms with van der Waals surface area (Å²) in [6, 6.07) is 1.84. The van der Waals surface area contributed by atoms with Gasteiger partial charge >= 0.3 is 0 Å². The van der Waals surface area contributed by atoms with Gasteiger partial charge in [-0.1, -0.05) is 0 Å². The molecule has 1 aromatic heterocycles. The molecule has 0 radical (unpaired) electrons. The first-order chi connectivity index (χ1) is 6.49. The Morgan fingerprint density at radius 2 is 1.64 bits per heavy atom. The van der Waals surface area contributed by atoms with Crippen molar-refractivity contribution in [1.82, 2.24) is 0 Å². The Bertz CT molecular complexity index is 287. The van der Waals surface area contributed by atoms with E-state index in [4.69, 9.17) is 13.9 Å². The van der Waals surface area contributed by atoms with Crippen LogP contribution in [-0.2, 0) is 0 Å². The number of ether oxygens (including phenoxy) is 2. The monoisotopic (exact) mass is 198 g/mol. The van der Waals surface area contributed by atoms with Gasteiger partial charge in [0.05, 0.1) is 12.2 Å². The molecule has 0 aliphatic carbocycles. The number of hydrogen-bond donors (Lipinski definition) is 0. The average molecular weight is 198 g/mol. The van der Waals surface area contributed by atoms with Crippen molar-refractivity contribution in [2.24, 2.45) is 0 Å². The van der Waals surface area contributed by atoms with Gasteiger partial charge in [0.25, 0.3) is 11.9 Å². The van der Waals surface area contributed by atoms with Gasteiger partial charge in [0.1, 0.15) is 0 Å². The van der Waals surface area contributed by atoms with Crippen molar-refractivity contribution >= 4 is 0 Å². The van der Waals surface area contributed by atoms with Gasteiger partial charge in [-0.25, -0.2) is 0 Å². The maximum atomic E-state index is 5.46. The molecule has 0 amide bonds. The zero-order chi connectivity index (χ0) is 10.7. The summed E-state index contributed by atoms with van der Waals surface area (Å²) >= 11 is 0. The molecule has 0 saturated carbocycles. The van der Waals surface area contributed by atoms with E-state index in [9.17, 15) is 0 Å². The van der Waals surface area contributed by atoms with E-state index in [0.29, 0.717) is 11.9 Å². The van der Waals surface area contributed by atoms with E-state index >= 15 is 0 Å². The van der Waals surface area contributed by atoms with E-state index in [-0.39, 0.29) is 12.2 Å². The van der Waals surface area contributed by atoms with Gasteiger partial charge in [-0.05, 0) is 34.6 Å². The molecular formula is C11H18O3. The summed E-state index contributed by atoms with van der Waals surface area (Å²) in [7, 11) is 0. The van der Waals surface area contributed by atoms with E-state index in [1.54, 1.807) is 0 Å². The molecule has 1 heterocycles. The van der Waals surface area contributed by atoms with Gasteiger partial charge in [0.2, 0.25) is 0 Å². The van der Waals surface area contributed by atoms with Crippen molar-refractivity contribution in [3.8, 4) is 11.9 Å². The number of hydrogen-bond acceptors (Lipinski definition) is 3. The Labute approximate surface area is 85.0 Å². The number of rotatable bonds is 4. The number of aryl methyl sites for hydroxylation is 1. The third-order valence-electron chi connectivity index (χ3n) is 1.54. The summed E-state index contributed by atoms with van der Waals surface area (Å²) in [6.45, 7) is 9.78. The van der Waals surface area contributed by atoms with Crippen LogP contribution in [0.15, 0.2) is 10.5 Å². The number of furan rings is 1. The Morgan fingerprint density at radius 3 is 2.14 bits per heavy atom. The van der Waals surface area contributed by atoms with E-state index in [1.807, 2.05) is 40.7 Å². The lowest BCUT2D eigenvalue weighted by Gasteiger charge is -2.07. The molecule has 3 nitrogen and oxygen atoms in total. The van der Waals surface area contributed by atoms with Crippen molar-refractivity contribution in [3.05, 3.63) is 11.6 Å². The van der Waals surface area contributed by atoms with Gasteiger partial charge in [-0.2, -0.15) is 0 Å². The minimum absolute atomic E-state index is 0.117. The molecule has 1 aromatic rings. The quantitative estimate of drug-likeness (QED) is 0.744. The molecule has 0 aliphatic heterocycles. The Morgan fingerprint density at radius 1 is 1.07 bits per heavy atom. The smallest absolute Gasteiger partial charge is 0.290 e. The maximum absolute atomic E-state index is 5.46. The van der Waals surface area contributed by atoms with E-state index < -0.39 is 0 Å². The van der Waals surface area contributed by atoms with Crippen LogP contribution in [0, 0.1) is 6.92 Å². The van der Waals surface area contributed by atoms with Gasteiger partial charge in [0.15, 0.2) is 0 Å². The highest BCUT2D eigenvalue weighted by atomic mass is 16.7. The minimum atomic E-state index is 0.117. The van der Waals surface area contributed by atoms with Gasteiger partial charge in [0, 0.05) is 11.6 Å². The Hall–Kier alpha value is -1.12. The highest BCUT2D eigenvalue weighted by Gasteiger charge is 2.11. The van der Waals surface area contributed by atoms with Crippen molar-refractivity contribution in [2.75, 3.05) is 0 Å². The van der Waals surface area contributed by atoms with E-state index in [2.05, 4.69) is 0 Å². The normalized spacial score (nSPS) is 11.1. The standard InChI is InChI=1S/C11H18O3/c1-7(2)12-10-6-9(5)11(14-10)13-8(3)4/h6-8H,1-5H3. The zero-order valence-corrected chi connectivity index (χ0v) is 9.46. The second-order valence-electron chi connectivity index (χ2n) is 3.87. The van der Waals surface area contributed by atoms with Crippen LogP contribution < -0.4 is 9.47 Å². The van der Waals surface area contributed by atoms with E-state index in [0.717, 1.165) is 5.56 Å². The average Bonchev–Trinajstić information content (AvgIpc) is 2.28. The molecule has 0 fully saturated rings. The molecule has 0 spiro atoms. The highest BCUT2D eigenvalue weighted by Crippen LogP contribution is 2.29. The lowest BCUT2D eigenvalue weighted by atomic mass is 10.4. The zero-order valence-electron chi connectivity index (χ0n) is 9.46. The molecule has 1 rings (SSSR count). The van der Waals surface area contributed by atoms with Crippen LogP contribution in [0.25, 0.3) is 0 Å². The lowest BCUT2D eigenvalue weighted by Crippen LogP contribution is -2.05. The van der Waals surface area contributed by atoms with Crippen molar-refractivity contribution in [3.63, 3.8) is 0 Å². The van der Waals surface area contributed by atoms with Crippen LogP contribution in [0.4, 0.5) is 0 Å². The molecule has 0 aromatic carbocycles. The fraction of sp³-hybridized carbons (Fsp3) is 0.636. The Kier molecular flexibility index (Phi) is 3.44. The maximum Gasteiger partial charge on any atom is 0.290 e. The van der Waals surface area contributed by atoms with Gasteiger partial charge < -0.3 is 13.9 Å². The fourth-order valence-electron chi connectivity index (χ4n) is 1.06. The fourth-order valence-corrected chi connectivity index (χ4v) is 1.06. The molecule has 0 unspecified atom stereocenters. The molecule has 0 N–H and O–H groups in total. The minimum Gasteiger partial charge on any atom is -0.462 e. The van der Waals surface area contributed by atoms with Crippen molar-refractivity contribution in [2.45, 2.75) is 46.8 Å². The van der Waals surface area contributed by atoms with Crippen molar-refractivity contribution in [1.29, 1.82) is 0 Å². The molecule has 80 valence electrons. The van der Waals surface area contributed by atoms with Crippen LogP contribution in [0.2, 0.25) is 0 Å². The first-order valence-corrected chi connectivity index (χ1v) is 4.92. The second-order valence-corrected chi connectivity index (χ2v) is 3.87. The van der Waals surface area contributed by atoms with Crippen molar-refractivity contribution < 1.29 is 13.9 Å². The predicted molar refractivity (Wildman–Crippen MR) is 55.0 cm³/mol. The predicted octanol–water partition coefficient (Wildman–Crippen LogP) is 3.16. The summed E-state index contributed by atoms with van der Waals surface area (Å²) < 4.78 is 16.3. The van der Waals surface area contributed by atoms with E-state index in [1.165, 1.54) is 0 Å². The molecule has 0 saturated heterocycles. The summed E-state index contributed by atoms with van der Waals surface area (Å²) in [5, 5.41) is 0. The SMILES string of the molecule is Cc1cc(OC(C)C)oc1OC(C)C. The molecular weight excluding hydrogens is 180 g/mol. The molecule has 3 heteroatoms. The van der Waals surface area contributed by atoms with Crippen LogP contribution in [0.3, 0.4) is 0 Å². The van der Waals surface area contributed by atoms with Crippen LogP contribution in [-0.4, -0.2) is 12.2 Å². The lowest BCUT2D eigenvalue weighted by molar-refractivity contribution is 0.140. The summed E-state index contributed by atoms with van der Waals surface area (Å²) in [6.07, 6.45) is 0.235. The van der Waals surface area contributed by atoms with Crippen LogP contribution >= 0.6 is 0 Å². The molecule has 0 atom stereocenters. The van der Waals surface area contributed by atoms with Gasteiger partial charge in [-0.15, -0.1) is 0 Å².